The molecule has 2 nitrogen and oxygen atoms in total. The van der Waals surface area contributed by atoms with Gasteiger partial charge in [0.05, 0.1) is 12.1 Å². The molecular weight excluding hydrogens is 193 g/mol. The number of nitrogens with one attached hydrogen (secondary N) is 1. The van der Waals surface area contributed by atoms with E-state index in [0.29, 0.717) is 5.56 Å². The summed E-state index contributed by atoms with van der Waals surface area (Å²) >= 11 is 0. The normalized spacial score (nSPS) is 12.5. The zero-order valence-electron chi connectivity index (χ0n) is 8.37. The third-order valence-corrected chi connectivity index (χ3v) is 2.09. The summed E-state index contributed by atoms with van der Waals surface area (Å²) in [5.41, 5.74) is 1.50. The van der Waals surface area contributed by atoms with E-state index in [1.807, 2.05) is 13.8 Å². The Labute approximate surface area is 80.5 Å². The molecule has 0 saturated heterocycles. The molecule has 0 aliphatic rings. The molecule has 0 fully saturated rings. The van der Waals surface area contributed by atoms with Crippen LogP contribution in [0.25, 0.3) is 0 Å². The molecule has 0 spiro atoms. The van der Waals surface area contributed by atoms with Crippen LogP contribution in [0, 0.1) is 6.92 Å². The summed E-state index contributed by atoms with van der Waals surface area (Å²) in [4.78, 5) is 0. The third-order valence-electron chi connectivity index (χ3n) is 2.09. The van der Waals surface area contributed by atoms with Gasteiger partial charge in [0.2, 0.25) is 0 Å². The highest BCUT2D eigenvalue weighted by molar-refractivity contribution is 5.26. The maximum Gasteiger partial charge on any atom is 0.394 e. The molecule has 0 atom stereocenters. The van der Waals surface area contributed by atoms with Crippen LogP contribution in [0.4, 0.5) is 13.2 Å². The van der Waals surface area contributed by atoms with Crippen molar-refractivity contribution in [2.24, 2.45) is 0 Å². The molecule has 1 aromatic heterocycles. The molecular formula is C9H13F3N2. The van der Waals surface area contributed by atoms with Crippen molar-refractivity contribution in [3.8, 4) is 0 Å². The summed E-state index contributed by atoms with van der Waals surface area (Å²) < 4.78 is 36.2. The summed E-state index contributed by atoms with van der Waals surface area (Å²) in [5, 5.41) is 6.32. The van der Waals surface area contributed by atoms with Crippen LogP contribution in [0.2, 0.25) is 0 Å². The molecule has 0 radical (unpaired) electrons. The number of rotatable bonds is 2. The highest BCUT2D eigenvalue weighted by Gasteiger charge is 2.30. The van der Waals surface area contributed by atoms with Gasteiger partial charge in [0.15, 0.2) is 0 Å². The number of alkyl halides is 3. The van der Waals surface area contributed by atoms with Gasteiger partial charge in [-0.05, 0) is 18.4 Å². The van der Waals surface area contributed by atoms with Crippen molar-refractivity contribution in [3.63, 3.8) is 0 Å². The standard InChI is InChI=1S/C9H13F3N2/c1-5(2)8-6(3)7(13-14-8)4-9(10,11)12/h5H,4H2,1-3H3,(H,13,14). The topological polar surface area (TPSA) is 28.7 Å². The van der Waals surface area contributed by atoms with Crippen LogP contribution in [0.5, 0.6) is 0 Å². The van der Waals surface area contributed by atoms with E-state index < -0.39 is 12.6 Å². The molecule has 0 aliphatic heterocycles. The molecule has 1 rings (SSSR count). The molecule has 1 aromatic rings. The van der Waals surface area contributed by atoms with Crippen LogP contribution in [-0.4, -0.2) is 16.4 Å². The second-order valence-electron chi connectivity index (χ2n) is 3.66. The molecule has 14 heavy (non-hydrogen) atoms. The fraction of sp³-hybridized carbons (Fsp3) is 0.667. The van der Waals surface area contributed by atoms with Crippen molar-refractivity contribution >= 4 is 0 Å². The summed E-state index contributed by atoms with van der Waals surface area (Å²) in [6.45, 7) is 5.50. The van der Waals surface area contributed by atoms with Crippen LogP contribution in [0.15, 0.2) is 0 Å². The van der Waals surface area contributed by atoms with Crippen LogP contribution >= 0.6 is 0 Å². The molecule has 0 bridgehead atoms. The zero-order chi connectivity index (χ0) is 10.9. The minimum atomic E-state index is -4.19. The summed E-state index contributed by atoms with van der Waals surface area (Å²) in [6.07, 6.45) is -5.14. The number of hydrogen-bond acceptors (Lipinski definition) is 1. The van der Waals surface area contributed by atoms with E-state index >= 15 is 0 Å². The van der Waals surface area contributed by atoms with Crippen LogP contribution < -0.4 is 0 Å². The van der Waals surface area contributed by atoms with Crippen molar-refractivity contribution in [2.45, 2.75) is 39.3 Å². The lowest BCUT2D eigenvalue weighted by Crippen LogP contribution is -2.12. The Kier molecular flexibility index (Phi) is 2.87. The van der Waals surface area contributed by atoms with Crippen LogP contribution in [0.3, 0.4) is 0 Å². The second kappa shape index (κ2) is 3.63. The summed E-state index contributed by atoms with van der Waals surface area (Å²) in [7, 11) is 0. The largest absolute Gasteiger partial charge is 0.394 e. The second-order valence-corrected chi connectivity index (χ2v) is 3.66. The Balaban J connectivity index is 2.91. The fourth-order valence-corrected chi connectivity index (χ4v) is 1.37. The first kappa shape index (κ1) is 11.1. The predicted molar refractivity (Wildman–Crippen MR) is 47.2 cm³/mol. The minimum Gasteiger partial charge on any atom is -0.282 e. The molecule has 80 valence electrons. The van der Waals surface area contributed by atoms with Crippen molar-refractivity contribution in [3.05, 3.63) is 17.0 Å². The quantitative estimate of drug-likeness (QED) is 0.791. The number of nitrogens with zero attached hydrogens (tertiary/aromatic N) is 1. The Hall–Kier alpha value is -1.00. The molecule has 5 heteroatoms. The van der Waals surface area contributed by atoms with Crippen molar-refractivity contribution in [2.75, 3.05) is 0 Å². The predicted octanol–water partition coefficient (Wildman–Crippen LogP) is 2.95. The Morgan fingerprint density at radius 3 is 2.29 bits per heavy atom. The molecule has 0 aromatic carbocycles. The SMILES string of the molecule is Cc1c(CC(F)(F)F)n[nH]c1C(C)C. The smallest absolute Gasteiger partial charge is 0.282 e. The molecule has 0 amide bonds. The van der Waals surface area contributed by atoms with E-state index in [1.165, 1.54) is 0 Å². The lowest BCUT2D eigenvalue weighted by atomic mass is 10.0. The van der Waals surface area contributed by atoms with E-state index in [4.69, 9.17) is 0 Å². The van der Waals surface area contributed by atoms with Gasteiger partial charge in [0.25, 0.3) is 0 Å². The number of halogens is 3. The van der Waals surface area contributed by atoms with Gasteiger partial charge in [0, 0.05) is 5.69 Å². The molecule has 0 unspecified atom stereocenters. The molecule has 1 N–H and O–H groups in total. The molecule has 0 aliphatic carbocycles. The van der Waals surface area contributed by atoms with E-state index in [-0.39, 0.29) is 11.6 Å². The number of H-pyrrole nitrogens is 1. The van der Waals surface area contributed by atoms with Gasteiger partial charge in [0.1, 0.15) is 0 Å². The highest BCUT2D eigenvalue weighted by atomic mass is 19.4. The first-order valence-corrected chi connectivity index (χ1v) is 4.41. The number of hydrogen-bond donors (Lipinski definition) is 1. The average Bonchev–Trinajstić information content (AvgIpc) is 2.29. The van der Waals surface area contributed by atoms with E-state index in [0.717, 1.165) is 5.69 Å². The molecule has 1 heterocycles. The lowest BCUT2D eigenvalue weighted by Gasteiger charge is -2.05. The van der Waals surface area contributed by atoms with Gasteiger partial charge in [-0.15, -0.1) is 0 Å². The first-order valence-electron chi connectivity index (χ1n) is 4.41. The average molecular weight is 206 g/mol. The third kappa shape index (κ3) is 2.49. The maximum atomic E-state index is 12.1. The summed E-state index contributed by atoms with van der Waals surface area (Å²) in [5.74, 6) is 0.171. The Morgan fingerprint density at radius 2 is 1.93 bits per heavy atom. The van der Waals surface area contributed by atoms with Crippen LogP contribution in [-0.2, 0) is 6.42 Å². The van der Waals surface area contributed by atoms with Gasteiger partial charge < -0.3 is 0 Å². The van der Waals surface area contributed by atoms with E-state index in [1.54, 1.807) is 6.92 Å². The van der Waals surface area contributed by atoms with Crippen molar-refractivity contribution in [1.29, 1.82) is 0 Å². The Bertz CT molecular complexity index is 312. The monoisotopic (exact) mass is 206 g/mol. The fourth-order valence-electron chi connectivity index (χ4n) is 1.37. The van der Waals surface area contributed by atoms with Gasteiger partial charge in [-0.25, -0.2) is 0 Å². The number of aromatic nitrogens is 2. The maximum absolute atomic E-state index is 12.1. The van der Waals surface area contributed by atoms with E-state index in [2.05, 4.69) is 10.2 Å². The molecule has 0 saturated carbocycles. The lowest BCUT2D eigenvalue weighted by molar-refractivity contribution is -0.127. The summed E-state index contributed by atoms with van der Waals surface area (Å²) in [6, 6.07) is 0. The minimum absolute atomic E-state index is 0.0983. The van der Waals surface area contributed by atoms with Gasteiger partial charge in [-0.2, -0.15) is 18.3 Å². The Morgan fingerprint density at radius 1 is 1.36 bits per heavy atom. The number of aromatic amines is 1. The van der Waals surface area contributed by atoms with Gasteiger partial charge in [-0.3, -0.25) is 5.10 Å². The highest BCUT2D eigenvalue weighted by Crippen LogP contribution is 2.25. The van der Waals surface area contributed by atoms with Gasteiger partial charge in [-0.1, -0.05) is 13.8 Å². The van der Waals surface area contributed by atoms with Crippen LogP contribution in [0.1, 0.15) is 36.7 Å². The zero-order valence-corrected chi connectivity index (χ0v) is 8.37. The van der Waals surface area contributed by atoms with E-state index in [9.17, 15) is 13.2 Å². The van der Waals surface area contributed by atoms with Crippen molar-refractivity contribution in [1.82, 2.24) is 10.2 Å². The van der Waals surface area contributed by atoms with Gasteiger partial charge >= 0.3 is 6.18 Å². The van der Waals surface area contributed by atoms with Crippen molar-refractivity contribution < 1.29 is 13.2 Å². The first-order chi connectivity index (χ1) is 6.31.